The molecule has 0 saturated carbocycles. The fraction of sp³-hybridized carbons (Fsp3) is 0.188. The van der Waals surface area contributed by atoms with E-state index in [1.165, 1.54) is 16.3 Å². The summed E-state index contributed by atoms with van der Waals surface area (Å²) < 4.78 is 1.53. The predicted octanol–water partition coefficient (Wildman–Crippen LogP) is 3.11. The fourth-order valence-corrected chi connectivity index (χ4v) is 2.20. The molecule has 1 aromatic heterocycles. The van der Waals surface area contributed by atoms with Gasteiger partial charge in [0.1, 0.15) is 5.56 Å². The number of nitrogens with zero attached hydrogens (tertiary/aromatic N) is 2. The van der Waals surface area contributed by atoms with Crippen LogP contribution in [0.2, 0.25) is 0 Å². The van der Waals surface area contributed by atoms with Crippen LogP contribution < -0.4 is 5.56 Å². The normalized spacial score (nSPS) is 11.0. The molecule has 2 aromatic rings. The Balaban J connectivity index is 2.41. The van der Waals surface area contributed by atoms with Gasteiger partial charge in [0.25, 0.3) is 5.56 Å². The van der Waals surface area contributed by atoms with Crippen molar-refractivity contribution in [2.45, 2.75) is 19.9 Å². The zero-order chi connectivity index (χ0) is 16.1. The van der Waals surface area contributed by atoms with E-state index in [-0.39, 0.29) is 16.2 Å². The van der Waals surface area contributed by atoms with Crippen LogP contribution in [0.4, 0.5) is 5.69 Å². The van der Waals surface area contributed by atoms with E-state index >= 15 is 0 Å². The van der Waals surface area contributed by atoms with E-state index in [0.717, 1.165) is 6.42 Å². The largest absolute Gasteiger partial charge is 0.494 e. The minimum atomic E-state index is -0.475. The summed E-state index contributed by atoms with van der Waals surface area (Å²) in [5.41, 5.74) is 1.50. The van der Waals surface area contributed by atoms with Gasteiger partial charge in [0.2, 0.25) is 5.88 Å². The minimum Gasteiger partial charge on any atom is -0.494 e. The average molecular weight is 315 g/mol. The molecular weight excluding hydrogens is 298 g/mol. The maximum atomic E-state index is 11.9. The molecular formula is C16H17N3O2S. The Morgan fingerprint density at radius 1 is 1.41 bits per heavy atom. The lowest BCUT2D eigenvalue weighted by molar-refractivity contribution is 0.413. The Kier molecular flexibility index (Phi) is 5.06. The number of H-pyrrole nitrogens is 1. The zero-order valence-corrected chi connectivity index (χ0v) is 13.1. The maximum Gasteiger partial charge on any atom is 0.264 e. The molecule has 0 atom stereocenters. The standard InChI is InChI=1S/C16H17N3O2S/c1-3-9-19-15(21)13(14(20)18-16(19)22)10-17-12-7-5-11(4-2)6-8-12/h3,5-8,10,21H,1,4,9H2,2H3,(H,18,20,22). The van der Waals surface area contributed by atoms with E-state index in [1.807, 2.05) is 24.3 Å². The number of rotatable bonds is 5. The van der Waals surface area contributed by atoms with Gasteiger partial charge in [-0.2, -0.15) is 0 Å². The Morgan fingerprint density at radius 2 is 2.09 bits per heavy atom. The molecule has 114 valence electrons. The molecule has 0 spiro atoms. The Morgan fingerprint density at radius 3 is 2.68 bits per heavy atom. The number of benzene rings is 1. The topological polar surface area (TPSA) is 70.4 Å². The molecule has 2 N–H and O–H groups in total. The van der Waals surface area contributed by atoms with Crippen molar-refractivity contribution in [1.29, 1.82) is 0 Å². The van der Waals surface area contributed by atoms with Crippen LogP contribution in [0.1, 0.15) is 18.1 Å². The SMILES string of the molecule is C=CCn1c(O)c(C=Nc2ccc(CC)cc2)c(=O)[nH]c1=S. The molecule has 2 rings (SSSR count). The molecule has 0 unspecified atom stereocenters. The second kappa shape index (κ2) is 7.00. The van der Waals surface area contributed by atoms with E-state index in [4.69, 9.17) is 12.2 Å². The number of aromatic nitrogens is 2. The number of allylic oxidation sites excluding steroid dienone is 1. The van der Waals surface area contributed by atoms with E-state index in [2.05, 4.69) is 23.5 Å². The molecule has 1 aromatic carbocycles. The third-order valence-corrected chi connectivity index (χ3v) is 3.53. The van der Waals surface area contributed by atoms with Crippen LogP contribution in [-0.4, -0.2) is 20.9 Å². The van der Waals surface area contributed by atoms with Crippen molar-refractivity contribution in [2.75, 3.05) is 0 Å². The third-order valence-electron chi connectivity index (χ3n) is 3.21. The van der Waals surface area contributed by atoms with Gasteiger partial charge in [-0.05, 0) is 36.3 Å². The average Bonchev–Trinajstić information content (AvgIpc) is 2.51. The summed E-state index contributed by atoms with van der Waals surface area (Å²) in [7, 11) is 0. The first-order valence-corrected chi connectivity index (χ1v) is 7.27. The van der Waals surface area contributed by atoms with Crippen molar-refractivity contribution in [2.24, 2.45) is 4.99 Å². The number of hydrogen-bond donors (Lipinski definition) is 2. The van der Waals surface area contributed by atoms with Gasteiger partial charge in [-0.25, -0.2) is 0 Å². The number of nitrogens with one attached hydrogen (secondary N) is 1. The Labute approximate surface area is 133 Å². The first-order valence-electron chi connectivity index (χ1n) is 6.86. The number of aromatic amines is 1. The molecule has 0 bridgehead atoms. The van der Waals surface area contributed by atoms with Crippen molar-refractivity contribution in [3.8, 4) is 5.88 Å². The van der Waals surface area contributed by atoms with Crippen molar-refractivity contribution < 1.29 is 5.11 Å². The van der Waals surface area contributed by atoms with Gasteiger partial charge < -0.3 is 5.11 Å². The lowest BCUT2D eigenvalue weighted by atomic mass is 10.1. The smallest absolute Gasteiger partial charge is 0.264 e. The Hall–Kier alpha value is -2.47. The van der Waals surface area contributed by atoms with Crippen molar-refractivity contribution >= 4 is 24.1 Å². The van der Waals surface area contributed by atoms with E-state index in [1.54, 1.807) is 6.08 Å². The lowest BCUT2D eigenvalue weighted by Crippen LogP contribution is -2.18. The van der Waals surface area contributed by atoms with Gasteiger partial charge >= 0.3 is 0 Å². The van der Waals surface area contributed by atoms with Crippen molar-refractivity contribution in [1.82, 2.24) is 9.55 Å². The summed E-state index contributed by atoms with van der Waals surface area (Å²) in [5, 5.41) is 10.2. The highest BCUT2D eigenvalue weighted by atomic mass is 32.1. The number of aliphatic imine (C=N–C) groups is 1. The van der Waals surface area contributed by atoms with E-state index in [9.17, 15) is 9.90 Å². The van der Waals surface area contributed by atoms with Gasteiger partial charge in [-0.3, -0.25) is 19.3 Å². The summed E-state index contributed by atoms with van der Waals surface area (Å²) in [5.74, 6) is -0.220. The number of hydrogen-bond acceptors (Lipinski definition) is 4. The van der Waals surface area contributed by atoms with Crippen LogP contribution in [0.3, 0.4) is 0 Å². The molecule has 0 aliphatic rings. The molecule has 0 aliphatic carbocycles. The van der Waals surface area contributed by atoms with Gasteiger partial charge in [0.15, 0.2) is 4.77 Å². The molecule has 5 nitrogen and oxygen atoms in total. The monoisotopic (exact) mass is 315 g/mol. The highest BCUT2D eigenvalue weighted by Crippen LogP contribution is 2.16. The molecule has 0 amide bonds. The molecule has 0 radical (unpaired) electrons. The van der Waals surface area contributed by atoms with Gasteiger partial charge in [0.05, 0.1) is 5.69 Å². The van der Waals surface area contributed by atoms with E-state index in [0.29, 0.717) is 12.2 Å². The molecule has 1 heterocycles. The van der Waals surface area contributed by atoms with Gasteiger partial charge in [-0.1, -0.05) is 25.1 Å². The molecule has 0 aliphatic heterocycles. The summed E-state index contributed by atoms with van der Waals surface area (Å²) in [6.07, 6.45) is 3.87. The summed E-state index contributed by atoms with van der Waals surface area (Å²) >= 11 is 5.01. The quantitative estimate of drug-likeness (QED) is 0.506. The first kappa shape index (κ1) is 15.9. The number of aromatic hydroxyl groups is 1. The Bertz CT molecular complexity index is 817. The van der Waals surface area contributed by atoms with Crippen LogP contribution in [-0.2, 0) is 13.0 Å². The van der Waals surface area contributed by atoms with Gasteiger partial charge in [0, 0.05) is 12.8 Å². The maximum absolute atomic E-state index is 11.9. The third kappa shape index (κ3) is 3.40. The molecule has 0 saturated heterocycles. The second-order valence-corrected chi connectivity index (χ2v) is 5.06. The number of aryl methyl sites for hydroxylation is 1. The zero-order valence-electron chi connectivity index (χ0n) is 12.2. The summed E-state index contributed by atoms with van der Waals surface area (Å²) in [6.45, 7) is 5.97. The van der Waals surface area contributed by atoms with Crippen LogP contribution in [0.25, 0.3) is 0 Å². The van der Waals surface area contributed by atoms with Crippen LogP contribution in [0.5, 0.6) is 5.88 Å². The predicted molar refractivity (Wildman–Crippen MR) is 90.8 cm³/mol. The highest BCUT2D eigenvalue weighted by Gasteiger charge is 2.09. The van der Waals surface area contributed by atoms with Crippen molar-refractivity contribution in [3.63, 3.8) is 0 Å². The van der Waals surface area contributed by atoms with Crippen LogP contribution >= 0.6 is 12.2 Å². The molecule has 0 fully saturated rings. The summed E-state index contributed by atoms with van der Waals surface area (Å²) in [6, 6.07) is 7.67. The van der Waals surface area contributed by atoms with Crippen LogP contribution in [0, 0.1) is 4.77 Å². The molecule has 22 heavy (non-hydrogen) atoms. The van der Waals surface area contributed by atoms with Crippen LogP contribution in [0.15, 0.2) is 46.7 Å². The molecule has 6 heteroatoms. The first-order chi connectivity index (χ1) is 10.6. The van der Waals surface area contributed by atoms with Crippen molar-refractivity contribution in [3.05, 3.63) is 63.2 Å². The fourth-order valence-electron chi connectivity index (χ4n) is 1.95. The highest BCUT2D eigenvalue weighted by molar-refractivity contribution is 7.71. The van der Waals surface area contributed by atoms with Gasteiger partial charge in [-0.15, -0.1) is 6.58 Å². The summed E-state index contributed by atoms with van der Waals surface area (Å²) in [4.78, 5) is 18.7. The minimum absolute atomic E-state index is 0.0648. The lowest BCUT2D eigenvalue weighted by Gasteiger charge is -2.08. The van der Waals surface area contributed by atoms with E-state index < -0.39 is 5.56 Å². The second-order valence-electron chi connectivity index (χ2n) is 4.67.